The second kappa shape index (κ2) is 10.2. The predicted octanol–water partition coefficient (Wildman–Crippen LogP) is 5.70. The Hall–Kier alpha value is -4.35. The molecule has 1 aliphatic rings. The molecule has 5 rings (SSSR count). The SMILES string of the molecule is N#C[C@@H]1CC(F)(F)CN1C(=O)CNC(=O)c1ccnc2ccc(/C=C/c3ccc4cc(Cl)ccc4c3)cc12. The van der Waals surface area contributed by atoms with Gasteiger partial charge < -0.3 is 10.2 Å². The number of carbonyl (C=O) groups is 2. The molecule has 1 atom stereocenters. The molecule has 38 heavy (non-hydrogen) atoms. The summed E-state index contributed by atoms with van der Waals surface area (Å²) in [6.07, 6.45) is 4.66. The van der Waals surface area contributed by atoms with Crippen molar-refractivity contribution in [2.75, 3.05) is 13.1 Å². The average molecular weight is 531 g/mol. The van der Waals surface area contributed by atoms with Gasteiger partial charge in [0.05, 0.1) is 30.2 Å². The van der Waals surface area contributed by atoms with Gasteiger partial charge in [-0.2, -0.15) is 5.26 Å². The normalized spacial score (nSPS) is 16.7. The summed E-state index contributed by atoms with van der Waals surface area (Å²) in [7, 11) is 0. The molecule has 0 unspecified atom stereocenters. The number of halogens is 3. The van der Waals surface area contributed by atoms with E-state index in [1.165, 1.54) is 12.3 Å². The van der Waals surface area contributed by atoms with Gasteiger partial charge in [0.1, 0.15) is 6.04 Å². The van der Waals surface area contributed by atoms with E-state index in [9.17, 15) is 18.4 Å². The van der Waals surface area contributed by atoms with Crippen molar-refractivity contribution >= 4 is 57.2 Å². The molecule has 1 aliphatic heterocycles. The van der Waals surface area contributed by atoms with Crippen molar-refractivity contribution in [3.8, 4) is 6.07 Å². The van der Waals surface area contributed by atoms with E-state index >= 15 is 0 Å². The minimum atomic E-state index is -3.12. The highest BCUT2D eigenvalue weighted by Gasteiger charge is 2.47. The van der Waals surface area contributed by atoms with Crippen LogP contribution in [0.2, 0.25) is 5.02 Å². The number of aromatic nitrogens is 1. The molecule has 3 aromatic carbocycles. The molecule has 0 spiro atoms. The van der Waals surface area contributed by atoms with E-state index in [0.29, 0.717) is 21.5 Å². The summed E-state index contributed by atoms with van der Waals surface area (Å²) in [4.78, 5) is 30.5. The van der Waals surface area contributed by atoms with Crippen LogP contribution in [0.3, 0.4) is 0 Å². The third-order valence-electron chi connectivity index (χ3n) is 6.44. The van der Waals surface area contributed by atoms with Crippen molar-refractivity contribution in [1.29, 1.82) is 5.26 Å². The Kier molecular flexibility index (Phi) is 6.79. The lowest BCUT2D eigenvalue weighted by Gasteiger charge is -2.19. The Bertz CT molecular complexity index is 1650. The Labute approximate surface area is 222 Å². The van der Waals surface area contributed by atoms with Gasteiger partial charge in [0.25, 0.3) is 11.8 Å². The summed E-state index contributed by atoms with van der Waals surface area (Å²) in [5.41, 5.74) is 2.71. The van der Waals surface area contributed by atoms with Crippen LogP contribution in [0.4, 0.5) is 8.78 Å². The topological polar surface area (TPSA) is 86.1 Å². The molecular weight excluding hydrogens is 510 g/mol. The van der Waals surface area contributed by atoms with Gasteiger partial charge in [-0.15, -0.1) is 0 Å². The Morgan fingerprint density at radius 1 is 1.08 bits per heavy atom. The van der Waals surface area contributed by atoms with E-state index in [1.807, 2.05) is 60.7 Å². The number of nitrogens with one attached hydrogen (secondary N) is 1. The lowest BCUT2D eigenvalue weighted by molar-refractivity contribution is -0.131. The molecule has 2 amide bonds. The van der Waals surface area contributed by atoms with Gasteiger partial charge in [-0.25, -0.2) is 8.78 Å². The minimum Gasteiger partial charge on any atom is -0.343 e. The molecular formula is C29H21ClF2N4O2. The highest BCUT2D eigenvalue weighted by Crippen LogP contribution is 2.31. The minimum absolute atomic E-state index is 0.296. The number of pyridine rings is 1. The Morgan fingerprint density at radius 3 is 2.58 bits per heavy atom. The smallest absolute Gasteiger partial charge is 0.268 e. The first-order chi connectivity index (χ1) is 18.2. The summed E-state index contributed by atoms with van der Waals surface area (Å²) in [5, 5.41) is 15.0. The molecule has 190 valence electrons. The highest BCUT2D eigenvalue weighted by atomic mass is 35.5. The third kappa shape index (κ3) is 5.34. The molecule has 2 heterocycles. The lowest BCUT2D eigenvalue weighted by Crippen LogP contribution is -2.43. The van der Waals surface area contributed by atoms with Gasteiger partial charge >= 0.3 is 0 Å². The summed E-state index contributed by atoms with van der Waals surface area (Å²) in [5.74, 6) is -4.40. The molecule has 1 N–H and O–H groups in total. The molecule has 0 aliphatic carbocycles. The number of hydrogen-bond acceptors (Lipinski definition) is 4. The first-order valence-corrected chi connectivity index (χ1v) is 12.2. The average Bonchev–Trinajstić information content (AvgIpc) is 3.24. The first-order valence-electron chi connectivity index (χ1n) is 11.8. The number of nitrogens with zero attached hydrogens (tertiary/aromatic N) is 3. The number of benzene rings is 3. The zero-order valence-electron chi connectivity index (χ0n) is 20.0. The first kappa shape index (κ1) is 25.3. The highest BCUT2D eigenvalue weighted by molar-refractivity contribution is 6.31. The second-order valence-electron chi connectivity index (χ2n) is 9.13. The Balaban J connectivity index is 1.33. The van der Waals surface area contributed by atoms with Gasteiger partial charge in [-0.3, -0.25) is 14.6 Å². The standard InChI is InChI=1S/C29H21ClF2N4O2/c30-22-7-6-20-11-18(3-5-21(20)13-22)1-2-19-4-8-26-25(12-19)24(9-10-34-26)28(38)35-16-27(37)36-17-29(31,32)14-23(36)15-33/h1-13,23H,14,16-17H2,(H,35,38)/b2-1+/t23-/m0/s1. The lowest BCUT2D eigenvalue weighted by atomic mass is 10.0. The van der Waals surface area contributed by atoms with Crippen molar-refractivity contribution in [2.45, 2.75) is 18.4 Å². The van der Waals surface area contributed by atoms with E-state index in [-0.39, 0.29) is 0 Å². The van der Waals surface area contributed by atoms with Gasteiger partial charge in [0.15, 0.2) is 0 Å². The quantitative estimate of drug-likeness (QED) is 0.335. The van der Waals surface area contributed by atoms with Crippen LogP contribution >= 0.6 is 11.6 Å². The molecule has 1 aromatic heterocycles. The molecule has 0 radical (unpaired) electrons. The van der Waals surface area contributed by atoms with Gasteiger partial charge in [-0.1, -0.05) is 48.0 Å². The number of rotatable bonds is 5. The van der Waals surface area contributed by atoms with Crippen LogP contribution in [-0.2, 0) is 4.79 Å². The van der Waals surface area contributed by atoms with E-state index < -0.39 is 43.3 Å². The largest absolute Gasteiger partial charge is 0.343 e. The van der Waals surface area contributed by atoms with Crippen LogP contribution in [0.15, 0.2) is 66.9 Å². The Morgan fingerprint density at radius 2 is 1.79 bits per heavy atom. The van der Waals surface area contributed by atoms with Crippen LogP contribution in [-0.4, -0.2) is 46.8 Å². The number of alkyl halides is 2. The summed E-state index contributed by atoms with van der Waals surface area (Å²) < 4.78 is 27.3. The van der Waals surface area contributed by atoms with Crippen molar-refractivity contribution in [3.05, 3.63) is 88.6 Å². The van der Waals surface area contributed by atoms with Crippen molar-refractivity contribution in [1.82, 2.24) is 15.2 Å². The zero-order valence-corrected chi connectivity index (χ0v) is 20.8. The van der Waals surface area contributed by atoms with Gasteiger partial charge in [0, 0.05) is 23.0 Å². The van der Waals surface area contributed by atoms with Gasteiger partial charge in [0.2, 0.25) is 5.91 Å². The van der Waals surface area contributed by atoms with E-state index in [0.717, 1.165) is 26.8 Å². The molecule has 6 nitrogen and oxygen atoms in total. The fraction of sp³-hybridized carbons (Fsp3) is 0.172. The molecule has 1 fully saturated rings. The van der Waals surface area contributed by atoms with E-state index in [4.69, 9.17) is 16.9 Å². The number of nitriles is 1. The number of amides is 2. The van der Waals surface area contributed by atoms with E-state index in [1.54, 1.807) is 12.1 Å². The van der Waals surface area contributed by atoms with Gasteiger partial charge in [-0.05, 0) is 58.3 Å². The second-order valence-corrected chi connectivity index (χ2v) is 9.57. The summed E-state index contributed by atoms with van der Waals surface area (Å²) in [6.45, 7) is -1.33. The maximum Gasteiger partial charge on any atom is 0.268 e. The molecule has 9 heteroatoms. The van der Waals surface area contributed by atoms with Crippen LogP contribution < -0.4 is 5.32 Å². The third-order valence-corrected chi connectivity index (χ3v) is 6.68. The monoisotopic (exact) mass is 530 g/mol. The molecule has 4 aromatic rings. The molecule has 0 saturated carbocycles. The number of carbonyl (C=O) groups excluding carboxylic acids is 2. The summed E-state index contributed by atoms with van der Waals surface area (Å²) in [6, 6.07) is 19.3. The maximum absolute atomic E-state index is 13.7. The zero-order chi connectivity index (χ0) is 26.9. The van der Waals surface area contributed by atoms with E-state index in [2.05, 4.69) is 10.3 Å². The predicted molar refractivity (Wildman–Crippen MR) is 143 cm³/mol. The van der Waals surface area contributed by atoms with Crippen molar-refractivity contribution < 1.29 is 18.4 Å². The van der Waals surface area contributed by atoms with Crippen molar-refractivity contribution in [2.24, 2.45) is 0 Å². The fourth-order valence-corrected chi connectivity index (χ4v) is 4.72. The fourth-order valence-electron chi connectivity index (χ4n) is 4.54. The summed E-state index contributed by atoms with van der Waals surface area (Å²) >= 11 is 6.06. The van der Waals surface area contributed by atoms with Crippen molar-refractivity contribution in [3.63, 3.8) is 0 Å². The van der Waals surface area contributed by atoms with Crippen LogP contribution in [0.25, 0.3) is 33.8 Å². The number of likely N-dealkylation sites (tertiary alicyclic amines) is 1. The molecule has 0 bridgehead atoms. The maximum atomic E-state index is 13.7. The molecule has 1 saturated heterocycles. The van der Waals surface area contributed by atoms with Crippen LogP contribution in [0, 0.1) is 11.3 Å². The number of hydrogen-bond donors (Lipinski definition) is 1. The van der Waals surface area contributed by atoms with Crippen LogP contribution in [0.1, 0.15) is 27.9 Å². The number of fused-ring (bicyclic) bond motifs is 2. The van der Waals surface area contributed by atoms with Crippen LogP contribution in [0.5, 0.6) is 0 Å².